The predicted octanol–water partition coefficient (Wildman–Crippen LogP) is 4.70. The zero-order valence-electron chi connectivity index (χ0n) is 15.6. The van der Waals surface area contributed by atoms with Crippen LogP contribution in [0.15, 0.2) is 77.3 Å². The third-order valence-electron chi connectivity index (χ3n) is 4.74. The normalized spacial score (nSPS) is 12.0. The van der Waals surface area contributed by atoms with Crippen molar-refractivity contribution in [1.29, 1.82) is 0 Å². The molecule has 5 heteroatoms. The van der Waals surface area contributed by atoms with Crippen molar-refractivity contribution in [2.24, 2.45) is 0 Å². The van der Waals surface area contributed by atoms with Crippen LogP contribution in [0.5, 0.6) is 0 Å². The molecule has 1 unspecified atom stereocenters. The first-order valence-corrected chi connectivity index (χ1v) is 9.36. The number of fused-ring (bicyclic) bond motifs is 1. The first-order valence-electron chi connectivity index (χ1n) is 9.36. The molecule has 0 saturated carbocycles. The van der Waals surface area contributed by atoms with Gasteiger partial charge in [-0.25, -0.2) is 0 Å². The molecule has 0 radical (unpaired) electrons. The van der Waals surface area contributed by atoms with Crippen LogP contribution in [-0.2, 0) is 11.2 Å². The molecule has 0 aliphatic carbocycles. The highest BCUT2D eigenvalue weighted by Gasteiger charge is 2.14. The number of carbonyl (C=O) groups is 1. The minimum absolute atomic E-state index is 0.0392. The Morgan fingerprint density at radius 1 is 1.00 bits per heavy atom. The van der Waals surface area contributed by atoms with Crippen LogP contribution < -0.4 is 5.32 Å². The lowest BCUT2D eigenvalue weighted by Crippen LogP contribution is -2.26. The molecular formula is C23H21N3O2. The minimum atomic E-state index is -0.0405. The number of nitrogens with zero attached hydrogens (tertiary/aromatic N) is 2. The largest absolute Gasteiger partial charge is 0.350 e. The Labute approximate surface area is 163 Å². The monoisotopic (exact) mass is 371 g/mol. The number of carbonyl (C=O) groups excluding carboxylic acids is 1. The number of aromatic nitrogens is 2. The van der Waals surface area contributed by atoms with Crippen LogP contribution in [0.25, 0.3) is 22.2 Å². The van der Waals surface area contributed by atoms with E-state index in [0.717, 1.165) is 21.9 Å². The standard InChI is InChI=1S/C23H21N3O2/c1-16(17-8-3-2-4-9-17)24-21(27)14-15-22-25-23(26-28-22)20-13-7-11-18-10-5-6-12-19(18)20/h2-13,16H,14-15H2,1H3,(H,24,27). The average Bonchev–Trinajstić information content (AvgIpc) is 3.21. The van der Waals surface area contributed by atoms with E-state index in [9.17, 15) is 4.79 Å². The molecule has 0 aliphatic heterocycles. The molecule has 1 aromatic heterocycles. The lowest BCUT2D eigenvalue weighted by Gasteiger charge is -2.13. The van der Waals surface area contributed by atoms with E-state index in [1.807, 2.05) is 67.6 Å². The molecule has 3 aromatic carbocycles. The molecule has 1 amide bonds. The lowest BCUT2D eigenvalue weighted by atomic mass is 10.0. The second kappa shape index (κ2) is 8.05. The molecule has 4 rings (SSSR count). The van der Waals surface area contributed by atoms with Crippen molar-refractivity contribution in [3.8, 4) is 11.4 Å². The molecule has 0 aliphatic rings. The van der Waals surface area contributed by atoms with Gasteiger partial charge in [-0.05, 0) is 23.3 Å². The summed E-state index contributed by atoms with van der Waals surface area (Å²) < 4.78 is 5.37. The van der Waals surface area contributed by atoms with Gasteiger partial charge in [-0.1, -0.05) is 78.0 Å². The van der Waals surface area contributed by atoms with Crippen molar-refractivity contribution in [3.05, 3.63) is 84.3 Å². The highest BCUT2D eigenvalue weighted by molar-refractivity contribution is 5.94. The van der Waals surface area contributed by atoms with Crippen LogP contribution in [-0.4, -0.2) is 16.0 Å². The summed E-state index contributed by atoms with van der Waals surface area (Å²) in [5, 5.41) is 9.31. The number of rotatable bonds is 6. The summed E-state index contributed by atoms with van der Waals surface area (Å²) in [5.41, 5.74) is 2.00. The SMILES string of the molecule is CC(NC(=O)CCc1nc(-c2cccc3ccccc23)no1)c1ccccc1. The van der Waals surface area contributed by atoms with Crippen molar-refractivity contribution in [1.82, 2.24) is 15.5 Å². The molecule has 0 saturated heterocycles. The molecule has 4 aromatic rings. The molecule has 5 nitrogen and oxygen atoms in total. The minimum Gasteiger partial charge on any atom is -0.350 e. The molecule has 28 heavy (non-hydrogen) atoms. The van der Waals surface area contributed by atoms with E-state index in [-0.39, 0.29) is 11.9 Å². The van der Waals surface area contributed by atoms with E-state index in [0.29, 0.717) is 24.6 Å². The maximum atomic E-state index is 12.3. The van der Waals surface area contributed by atoms with Crippen LogP contribution in [0.4, 0.5) is 0 Å². The van der Waals surface area contributed by atoms with Crippen LogP contribution in [0, 0.1) is 0 Å². The maximum absolute atomic E-state index is 12.3. The zero-order valence-corrected chi connectivity index (χ0v) is 15.6. The third kappa shape index (κ3) is 3.93. The fourth-order valence-electron chi connectivity index (χ4n) is 3.25. The van der Waals surface area contributed by atoms with Crippen LogP contribution in [0.3, 0.4) is 0 Å². The van der Waals surface area contributed by atoms with Gasteiger partial charge in [-0.2, -0.15) is 4.98 Å². The van der Waals surface area contributed by atoms with Gasteiger partial charge in [0.05, 0.1) is 6.04 Å². The Bertz CT molecular complexity index is 1080. The van der Waals surface area contributed by atoms with Gasteiger partial charge in [-0.15, -0.1) is 0 Å². The number of aryl methyl sites for hydroxylation is 1. The van der Waals surface area contributed by atoms with Crippen molar-refractivity contribution in [2.75, 3.05) is 0 Å². The van der Waals surface area contributed by atoms with E-state index < -0.39 is 0 Å². The Kier molecular flexibility index (Phi) is 5.15. The number of nitrogens with one attached hydrogen (secondary N) is 1. The summed E-state index contributed by atoms with van der Waals surface area (Å²) >= 11 is 0. The van der Waals surface area contributed by atoms with Crippen molar-refractivity contribution in [2.45, 2.75) is 25.8 Å². The van der Waals surface area contributed by atoms with Crippen molar-refractivity contribution < 1.29 is 9.32 Å². The molecule has 0 bridgehead atoms. The molecule has 1 N–H and O–H groups in total. The van der Waals surface area contributed by atoms with E-state index in [2.05, 4.69) is 27.6 Å². The number of benzene rings is 3. The summed E-state index contributed by atoms with van der Waals surface area (Å²) in [6.45, 7) is 1.97. The Morgan fingerprint density at radius 3 is 2.61 bits per heavy atom. The molecule has 0 spiro atoms. The van der Waals surface area contributed by atoms with Gasteiger partial charge in [0.15, 0.2) is 0 Å². The lowest BCUT2D eigenvalue weighted by molar-refractivity contribution is -0.121. The number of hydrogen-bond acceptors (Lipinski definition) is 4. The topological polar surface area (TPSA) is 68.0 Å². The van der Waals surface area contributed by atoms with Gasteiger partial charge >= 0.3 is 0 Å². The van der Waals surface area contributed by atoms with Crippen LogP contribution >= 0.6 is 0 Å². The van der Waals surface area contributed by atoms with Gasteiger partial charge in [-0.3, -0.25) is 4.79 Å². The molecule has 140 valence electrons. The average molecular weight is 371 g/mol. The van der Waals surface area contributed by atoms with Crippen LogP contribution in [0.1, 0.15) is 30.8 Å². The number of hydrogen-bond donors (Lipinski definition) is 1. The van der Waals surface area contributed by atoms with Crippen molar-refractivity contribution in [3.63, 3.8) is 0 Å². The van der Waals surface area contributed by atoms with E-state index >= 15 is 0 Å². The Morgan fingerprint density at radius 2 is 1.75 bits per heavy atom. The summed E-state index contributed by atoms with van der Waals surface area (Å²) in [6.07, 6.45) is 0.708. The van der Waals surface area contributed by atoms with Crippen LogP contribution in [0.2, 0.25) is 0 Å². The Balaban J connectivity index is 1.40. The summed E-state index contributed by atoms with van der Waals surface area (Å²) in [6, 6.07) is 23.9. The highest BCUT2D eigenvalue weighted by atomic mass is 16.5. The van der Waals surface area contributed by atoms with Gasteiger partial charge in [0, 0.05) is 18.4 Å². The smallest absolute Gasteiger partial charge is 0.227 e. The van der Waals surface area contributed by atoms with Gasteiger partial charge in [0.1, 0.15) is 0 Å². The zero-order chi connectivity index (χ0) is 19.3. The quantitative estimate of drug-likeness (QED) is 0.533. The molecular weight excluding hydrogens is 350 g/mol. The summed E-state index contributed by atoms with van der Waals surface area (Å²) in [5.74, 6) is 0.969. The molecule has 0 fully saturated rings. The highest BCUT2D eigenvalue weighted by Crippen LogP contribution is 2.26. The predicted molar refractivity (Wildman–Crippen MR) is 109 cm³/mol. The fourth-order valence-corrected chi connectivity index (χ4v) is 3.25. The second-order valence-corrected chi connectivity index (χ2v) is 6.74. The molecule has 1 atom stereocenters. The van der Waals surface area contributed by atoms with Crippen molar-refractivity contribution >= 4 is 16.7 Å². The molecule has 1 heterocycles. The maximum Gasteiger partial charge on any atom is 0.227 e. The van der Waals surface area contributed by atoms with Gasteiger partial charge in [0.2, 0.25) is 17.6 Å². The van der Waals surface area contributed by atoms with E-state index in [1.54, 1.807) is 0 Å². The summed E-state index contributed by atoms with van der Waals surface area (Å²) in [4.78, 5) is 16.7. The van der Waals surface area contributed by atoms with Gasteiger partial charge < -0.3 is 9.84 Å². The first-order chi connectivity index (χ1) is 13.7. The van der Waals surface area contributed by atoms with Gasteiger partial charge in [0.25, 0.3) is 0 Å². The summed E-state index contributed by atoms with van der Waals surface area (Å²) in [7, 11) is 0. The second-order valence-electron chi connectivity index (χ2n) is 6.74. The van der Waals surface area contributed by atoms with E-state index in [1.165, 1.54) is 0 Å². The fraction of sp³-hybridized carbons (Fsp3) is 0.174. The Hall–Kier alpha value is -3.47. The number of amides is 1. The first kappa shape index (κ1) is 17.9. The third-order valence-corrected chi connectivity index (χ3v) is 4.74. The van der Waals surface area contributed by atoms with E-state index in [4.69, 9.17) is 4.52 Å².